The van der Waals surface area contributed by atoms with Gasteiger partial charge in [0.15, 0.2) is 5.78 Å². The zero-order valence-corrected chi connectivity index (χ0v) is 12.5. The molecule has 2 aromatic rings. The van der Waals surface area contributed by atoms with E-state index in [0.29, 0.717) is 24.2 Å². The quantitative estimate of drug-likeness (QED) is 0.865. The molecule has 3 nitrogen and oxygen atoms in total. The lowest BCUT2D eigenvalue weighted by Crippen LogP contribution is -2.22. The zero-order valence-electron chi connectivity index (χ0n) is 12.5. The van der Waals surface area contributed by atoms with Crippen LogP contribution < -0.4 is 4.74 Å². The van der Waals surface area contributed by atoms with Crippen LogP contribution in [0.2, 0.25) is 0 Å². The highest BCUT2D eigenvalue weighted by Gasteiger charge is 2.32. The molecule has 1 aliphatic rings. The second-order valence-electron chi connectivity index (χ2n) is 5.71. The molecule has 0 saturated carbocycles. The number of hydrogen-bond acceptors (Lipinski definition) is 3. The summed E-state index contributed by atoms with van der Waals surface area (Å²) in [5.74, 6) is 0.447. The van der Waals surface area contributed by atoms with E-state index in [-0.39, 0.29) is 23.6 Å². The van der Waals surface area contributed by atoms with Gasteiger partial charge in [0.25, 0.3) is 0 Å². The second kappa shape index (κ2) is 6.14. The molecule has 0 fully saturated rings. The van der Waals surface area contributed by atoms with Crippen LogP contribution >= 0.6 is 0 Å². The van der Waals surface area contributed by atoms with Crippen molar-refractivity contribution in [1.29, 1.82) is 0 Å². The van der Waals surface area contributed by atoms with Crippen LogP contribution in [0, 0.1) is 0 Å². The summed E-state index contributed by atoms with van der Waals surface area (Å²) in [6.07, 6.45) is 0.581. The molecule has 0 N–H and O–H groups in total. The van der Waals surface area contributed by atoms with Gasteiger partial charge in [-0.15, -0.1) is 0 Å². The van der Waals surface area contributed by atoms with Crippen LogP contribution in [0.5, 0.6) is 5.75 Å². The van der Waals surface area contributed by atoms with Gasteiger partial charge in [-0.05, 0) is 31.0 Å². The Morgan fingerprint density at radius 1 is 1.09 bits per heavy atom. The molecule has 2 aromatic carbocycles. The Bertz CT molecular complexity index is 691. The molecule has 0 aliphatic carbocycles. The minimum Gasteiger partial charge on any atom is -0.489 e. The van der Waals surface area contributed by atoms with Crippen LogP contribution in [0.4, 0.5) is 0 Å². The van der Waals surface area contributed by atoms with Gasteiger partial charge in [0, 0.05) is 6.42 Å². The SMILES string of the molecule is CC(=O)CC1CC(c2ccccc2)C(=O)c2ccccc2O1. The maximum absolute atomic E-state index is 12.9. The molecule has 2 atom stereocenters. The third kappa shape index (κ3) is 2.93. The Balaban J connectivity index is 2.02. The number of hydrogen-bond donors (Lipinski definition) is 0. The molecular weight excluding hydrogens is 276 g/mol. The second-order valence-corrected chi connectivity index (χ2v) is 5.71. The molecule has 22 heavy (non-hydrogen) atoms. The molecule has 0 bridgehead atoms. The van der Waals surface area contributed by atoms with Crippen molar-refractivity contribution < 1.29 is 14.3 Å². The Morgan fingerprint density at radius 3 is 2.50 bits per heavy atom. The third-order valence-corrected chi connectivity index (χ3v) is 3.98. The van der Waals surface area contributed by atoms with Gasteiger partial charge in [0.2, 0.25) is 0 Å². The largest absolute Gasteiger partial charge is 0.489 e. The molecule has 3 heteroatoms. The van der Waals surface area contributed by atoms with Crippen LogP contribution in [0.3, 0.4) is 0 Å². The number of benzene rings is 2. The molecule has 3 rings (SSSR count). The normalized spacial score (nSPS) is 20.7. The van der Waals surface area contributed by atoms with Gasteiger partial charge in [-0.1, -0.05) is 42.5 Å². The Morgan fingerprint density at radius 2 is 1.77 bits per heavy atom. The van der Waals surface area contributed by atoms with Crippen molar-refractivity contribution in [2.24, 2.45) is 0 Å². The lowest BCUT2D eigenvalue weighted by molar-refractivity contribution is -0.118. The third-order valence-electron chi connectivity index (χ3n) is 3.98. The highest BCUT2D eigenvalue weighted by Crippen LogP contribution is 2.35. The van der Waals surface area contributed by atoms with Gasteiger partial charge in [-0.2, -0.15) is 0 Å². The summed E-state index contributed by atoms with van der Waals surface area (Å²) in [5, 5.41) is 0. The van der Waals surface area contributed by atoms with Crippen LogP contribution in [-0.2, 0) is 4.79 Å². The van der Waals surface area contributed by atoms with E-state index in [9.17, 15) is 9.59 Å². The molecule has 0 saturated heterocycles. The van der Waals surface area contributed by atoms with Crippen LogP contribution in [-0.4, -0.2) is 17.7 Å². The number of para-hydroxylation sites is 1. The molecule has 2 unspecified atom stereocenters. The minimum absolute atomic E-state index is 0.0628. The molecule has 1 aliphatic heterocycles. The summed E-state index contributed by atoms with van der Waals surface area (Å²) in [6, 6.07) is 17.0. The lowest BCUT2D eigenvalue weighted by Gasteiger charge is -2.19. The summed E-state index contributed by atoms with van der Waals surface area (Å²) in [4.78, 5) is 24.4. The van der Waals surface area contributed by atoms with E-state index >= 15 is 0 Å². The molecular formula is C19H18O3. The molecule has 0 spiro atoms. The lowest BCUT2D eigenvalue weighted by atomic mass is 9.86. The van der Waals surface area contributed by atoms with E-state index in [1.165, 1.54) is 0 Å². The van der Waals surface area contributed by atoms with E-state index in [1.54, 1.807) is 19.1 Å². The van der Waals surface area contributed by atoms with Crippen molar-refractivity contribution in [3.8, 4) is 5.75 Å². The Hall–Kier alpha value is -2.42. The van der Waals surface area contributed by atoms with Gasteiger partial charge in [-0.25, -0.2) is 0 Å². The highest BCUT2D eigenvalue weighted by atomic mass is 16.5. The maximum Gasteiger partial charge on any atom is 0.174 e. The summed E-state index contributed by atoms with van der Waals surface area (Å²) < 4.78 is 5.95. The predicted molar refractivity (Wildman–Crippen MR) is 84.3 cm³/mol. The molecule has 112 valence electrons. The zero-order chi connectivity index (χ0) is 15.5. The Kier molecular flexibility index (Phi) is 4.05. The van der Waals surface area contributed by atoms with Crippen LogP contribution in [0.15, 0.2) is 54.6 Å². The van der Waals surface area contributed by atoms with Gasteiger partial charge < -0.3 is 4.74 Å². The number of rotatable bonds is 3. The molecule has 0 radical (unpaired) electrons. The first-order valence-corrected chi connectivity index (χ1v) is 7.49. The summed E-state index contributed by atoms with van der Waals surface area (Å²) >= 11 is 0. The fourth-order valence-corrected chi connectivity index (χ4v) is 2.98. The van der Waals surface area contributed by atoms with Crippen molar-refractivity contribution >= 4 is 11.6 Å². The fraction of sp³-hybridized carbons (Fsp3) is 0.263. The standard InChI is InChI=1S/C19H18O3/c1-13(20)11-15-12-17(14-7-3-2-4-8-14)19(21)16-9-5-6-10-18(16)22-15/h2-10,15,17H,11-12H2,1H3. The average molecular weight is 294 g/mol. The number of Topliss-reactive ketones (excluding diaryl/α,β-unsaturated/α-hetero) is 2. The van der Waals surface area contributed by atoms with E-state index < -0.39 is 0 Å². The van der Waals surface area contributed by atoms with E-state index in [4.69, 9.17) is 4.74 Å². The van der Waals surface area contributed by atoms with Crippen molar-refractivity contribution in [1.82, 2.24) is 0 Å². The Labute approximate surface area is 129 Å². The number of ether oxygens (including phenoxy) is 1. The van der Waals surface area contributed by atoms with E-state index in [2.05, 4.69) is 0 Å². The highest BCUT2D eigenvalue weighted by molar-refractivity contribution is 6.03. The van der Waals surface area contributed by atoms with Crippen molar-refractivity contribution in [3.63, 3.8) is 0 Å². The average Bonchev–Trinajstić information content (AvgIpc) is 2.65. The molecule has 1 heterocycles. The summed E-state index contributed by atoms with van der Waals surface area (Å²) in [5.41, 5.74) is 1.57. The number of ketones is 2. The number of fused-ring (bicyclic) bond motifs is 1. The van der Waals surface area contributed by atoms with Gasteiger partial charge in [0.1, 0.15) is 17.6 Å². The van der Waals surface area contributed by atoms with Gasteiger partial charge in [-0.3, -0.25) is 9.59 Å². The fourth-order valence-electron chi connectivity index (χ4n) is 2.98. The first kappa shape index (κ1) is 14.5. The summed E-state index contributed by atoms with van der Waals surface area (Å²) in [7, 11) is 0. The van der Waals surface area contributed by atoms with Crippen molar-refractivity contribution in [3.05, 3.63) is 65.7 Å². The van der Waals surface area contributed by atoms with Gasteiger partial charge in [0.05, 0.1) is 11.5 Å². The van der Waals surface area contributed by atoms with Crippen LogP contribution in [0.1, 0.15) is 41.6 Å². The number of carbonyl (C=O) groups is 2. The minimum atomic E-state index is -0.269. The van der Waals surface area contributed by atoms with Crippen LogP contribution in [0.25, 0.3) is 0 Å². The maximum atomic E-state index is 12.9. The smallest absolute Gasteiger partial charge is 0.174 e. The number of carbonyl (C=O) groups excluding carboxylic acids is 2. The molecule has 0 amide bonds. The van der Waals surface area contributed by atoms with Crippen molar-refractivity contribution in [2.75, 3.05) is 0 Å². The molecule has 0 aromatic heterocycles. The topological polar surface area (TPSA) is 43.4 Å². The monoisotopic (exact) mass is 294 g/mol. The van der Waals surface area contributed by atoms with E-state index in [1.807, 2.05) is 42.5 Å². The predicted octanol–water partition coefficient (Wildman–Crippen LogP) is 3.78. The first-order valence-electron chi connectivity index (χ1n) is 7.49. The summed E-state index contributed by atoms with van der Waals surface area (Å²) in [6.45, 7) is 1.56. The first-order chi connectivity index (χ1) is 10.6. The van der Waals surface area contributed by atoms with Gasteiger partial charge >= 0.3 is 0 Å². The van der Waals surface area contributed by atoms with Crippen molar-refractivity contribution in [2.45, 2.75) is 31.8 Å². The van der Waals surface area contributed by atoms with E-state index in [0.717, 1.165) is 5.56 Å².